The summed E-state index contributed by atoms with van der Waals surface area (Å²) in [5.41, 5.74) is 0.467. The number of rotatable bonds is 9. The second-order valence-corrected chi connectivity index (χ2v) is 7.99. The highest BCUT2D eigenvalue weighted by Crippen LogP contribution is 2.48. The van der Waals surface area contributed by atoms with Crippen LogP contribution in [0.2, 0.25) is 5.02 Å². The van der Waals surface area contributed by atoms with Gasteiger partial charge in [0.2, 0.25) is 0 Å². The molecule has 1 unspecified atom stereocenters. The zero-order valence-corrected chi connectivity index (χ0v) is 19.8. The van der Waals surface area contributed by atoms with Crippen LogP contribution < -0.4 is 11.1 Å². The number of methoxy groups -OCH3 is 1. The first-order chi connectivity index (χ1) is 16.4. The van der Waals surface area contributed by atoms with Gasteiger partial charge in [-0.3, -0.25) is 0 Å². The van der Waals surface area contributed by atoms with Crippen LogP contribution in [0.4, 0.5) is 22.0 Å². The number of hydrogen-bond donors (Lipinski definition) is 2. The highest BCUT2D eigenvalue weighted by atomic mass is 35.5. The van der Waals surface area contributed by atoms with Crippen LogP contribution in [0.3, 0.4) is 0 Å². The summed E-state index contributed by atoms with van der Waals surface area (Å²) in [4.78, 5) is 25.8. The number of hydrogen-bond acceptors (Lipinski definition) is 7. The molecule has 7 nitrogen and oxygen atoms in total. The van der Waals surface area contributed by atoms with Gasteiger partial charge >= 0.3 is 18.1 Å². The molecule has 0 fully saturated rings. The zero-order chi connectivity index (χ0) is 26.5. The minimum atomic E-state index is -5.21. The molecular formula is C22H24ClF5N2O5. The van der Waals surface area contributed by atoms with E-state index in [4.69, 9.17) is 26.8 Å². The van der Waals surface area contributed by atoms with Gasteiger partial charge in [-0.25, -0.2) is 18.4 Å². The monoisotopic (exact) mass is 526 g/mol. The number of alkyl halides is 4. The molecule has 0 amide bonds. The Bertz CT molecular complexity index is 1040. The summed E-state index contributed by atoms with van der Waals surface area (Å²) >= 11 is 5.81. The van der Waals surface area contributed by atoms with Crippen molar-refractivity contribution in [2.75, 3.05) is 33.5 Å². The molecule has 1 aromatic carbocycles. The number of nitrogens with two attached hydrogens (primary N) is 1. The van der Waals surface area contributed by atoms with Crippen molar-refractivity contribution in [3.8, 4) is 0 Å². The van der Waals surface area contributed by atoms with Gasteiger partial charge in [0.05, 0.1) is 65.5 Å². The van der Waals surface area contributed by atoms with E-state index in [-0.39, 0.29) is 18.8 Å². The fourth-order valence-electron chi connectivity index (χ4n) is 3.58. The van der Waals surface area contributed by atoms with Crippen molar-refractivity contribution in [2.45, 2.75) is 32.0 Å². The van der Waals surface area contributed by atoms with Gasteiger partial charge in [-0.1, -0.05) is 11.6 Å². The van der Waals surface area contributed by atoms with Gasteiger partial charge in [0.1, 0.15) is 12.5 Å². The molecule has 0 bridgehead atoms. The molecule has 0 saturated carbocycles. The molecule has 35 heavy (non-hydrogen) atoms. The quantitative estimate of drug-likeness (QED) is 0.287. The first-order valence-corrected chi connectivity index (χ1v) is 10.7. The first kappa shape index (κ1) is 28.5. The zero-order valence-electron chi connectivity index (χ0n) is 19.0. The summed E-state index contributed by atoms with van der Waals surface area (Å²) in [5, 5.41) is 1.61. The highest BCUT2D eigenvalue weighted by molar-refractivity contribution is 6.31. The summed E-state index contributed by atoms with van der Waals surface area (Å²) in [6.45, 7) is 1.12. The molecule has 194 valence electrons. The Morgan fingerprint density at radius 2 is 1.80 bits per heavy atom. The van der Waals surface area contributed by atoms with E-state index >= 15 is 4.39 Å². The van der Waals surface area contributed by atoms with Crippen molar-refractivity contribution in [2.24, 2.45) is 5.73 Å². The summed E-state index contributed by atoms with van der Waals surface area (Å²) in [6, 6.07) is 1.33. The third-order valence-corrected chi connectivity index (χ3v) is 5.17. The second-order valence-electron chi connectivity index (χ2n) is 7.58. The largest absolute Gasteiger partial charge is 0.466 e. The van der Waals surface area contributed by atoms with Crippen molar-refractivity contribution in [1.29, 1.82) is 0 Å². The summed E-state index contributed by atoms with van der Waals surface area (Å²) in [7, 11) is 0.900. The maximum absolute atomic E-state index is 15.2. The first-order valence-electron chi connectivity index (χ1n) is 10.3. The van der Waals surface area contributed by atoms with E-state index in [0.29, 0.717) is 12.1 Å². The van der Waals surface area contributed by atoms with E-state index in [1.807, 2.05) is 0 Å². The molecule has 1 aromatic rings. The van der Waals surface area contributed by atoms with Gasteiger partial charge in [0.15, 0.2) is 0 Å². The molecular weight excluding hydrogens is 503 g/mol. The van der Waals surface area contributed by atoms with Crippen molar-refractivity contribution in [3.05, 3.63) is 56.6 Å². The number of esters is 2. The molecule has 0 radical (unpaired) electrons. The van der Waals surface area contributed by atoms with E-state index in [1.165, 1.54) is 13.8 Å². The maximum atomic E-state index is 15.2. The van der Waals surface area contributed by atoms with Gasteiger partial charge in [0, 0.05) is 12.1 Å². The third-order valence-electron chi connectivity index (χ3n) is 4.85. The van der Waals surface area contributed by atoms with Gasteiger partial charge in [-0.2, -0.15) is 13.2 Å². The van der Waals surface area contributed by atoms with E-state index < -0.39 is 82.2 Å². The SMILES string of the molecule is COC(=O)C1=C(CF)NC(COCCN)=C(C(=O)OC(C)C)C1c1c(F)ccc(Cl)c1C(F)(F)F. The number of carbonyl (C=O) groups excluding carboxylic acids is 2. The van der Waals surface area contributed by atoms with Crippen LogP contribution in [0, 0.1) is 5.82 Å². The molecule has 1 heterocycles. The Morgan fingerprint density at radius 1 is 1.17 bits per heavy atom. The lowest BCUT2D eigenvalue weighted by Crippen LogP contribution is -2.37. The van der Waals surface area contributed by atoms with Crippen molar-refractivity contribution < 1.29 is 45.8 Å². The maximum Gasteiger partial charge on any atom is 0.418 e. The summed E-state index contributed by atoms with van der Waals surface area (Å²) in [6.07, 6.45) is -5.96. The van der Waals surface area contributed by atoms with E-state index in [9.17, 15) is 27.2 Å². The average Bonchev–Trinajstić information content (AvgIpc) is 2.77. The molecule has 13 heteroatoms. The predicted octanol–water partition coefficient (Wildman–Crippen LogP) is 3.76. The van der Waals surface area contributed by atoms with Crippen LogP contribution in [-0.2, 0) is 30.0 Å². The molecule has 0 aromatic heterocycles. The Morgan fingerprint density at radius 3 is 2.31 bits per heavy atom. The lowest BCUT2D eigenvalue weighted by atomic mass is 9.78. The molecule has 2 rings (SSSR count). The highest BCUT2D eigenvalue weighted by Gasteiger charge is 2.47. The predicted molar refractivity (Wildman–Crippen MR) is 115 cm³/mol. The van der Waals surface area contributed by atoms with E-state index in [0.717, 1.165) is 7.11 Å². The Kier molecular flexibility index (Phi) is 9.64. The topological polar surface area (TPSA) is 99.9 Å². The third kappa shape index (κ3) is 6.30. The standard InChI is InChI=1S/C22H24ClF5N2O5/c1-10(2)35-21(32)17-14(9-34-7-6-29)30-13(8-24)16(20(31)33-3)18(17)15-12(25)5-4-11(23)19(15)22(26,27)28/h4-5,10,18,30H,6-9,29H2,1-3H3. The van der Waals surface area contributed by atoms with Crippen LogP contribution >= 0.6 is 11.6 Å². The second kappa shape index (κ2) is 11.8. The number of carbonyl (C=O) groups is 2. The van der Waals surface area contributed by atoms with Crippen LogP contribution in [0.25, 0.3) is 0 Å². The Labute approximate surface area is 203 Å². The number of ether oxygens (including phenoxy) is 3. The molecule has 3 N–H and O–H groups in total. The number of allylic oxidation sites excluding steroid dienone is 1. The van der Waals surface area contributed by atoms with Crippen LogP contribution in [0.5, 0.6) is 0 Å². The Hall–Kier alpha value is -2.70. The van der Waals surface area contributed by atoms with E-state index in [2.05, 4.69) is 10.1 Å². The molecule has 1 aliphatic heterocycles. The normalized spacial score (nSPS) is 16.5. The number of dihydropyridines is 1. The fraction of sp³-hybridized carbons (Fsp3) is 0.455. The molecule has 0 spiro atoms. The van der Waals surface area contributed by atoms with Gasteiger partial charge in [-0.15, -0.1) is 0 Å². The summed E-state index contributed by atoms with van der Waals surface area (Å²) in [5.74, 6) is -6.01. The minimum absolute atomic E-state index is 0.0276. The smallest absolute Gasteiger partial charge is 0.418 e. The van der Waals surface area contributed by atoms with Crippen LogP contribution in [0.15, 0.2) is 34.7 Å². The molecule has 0 aliphatic carbocycles. The minimum Gasteiger partial charge on any atom is -0.466 e. The Balaban J connectivity index is 3.00. The number of nitrogens with one attached hydrogen (secondary N) is 1. The number of halogens is 6. The molecule has 1 atom stereocenters. The lowest BCUT2D eigenvalue weighted by Gasteiger charge is -2.33. The average molecular weight is 527 g/mol. The molecule has 1 aliphatic rings. The van der Waals surface area contributed by atoms with Gasteiger partial charge in [0.25, 0.3) is 0 Å². The fourth-order valence-corrected chi connectivity index (χ4v) is 3.85. The van der Waals surface area contributed by atoms with Crippen molar-refractivity contribution >= 4 is 23.5 Å². The number of benzene rings is 1. The lowest BCUT2D eigenvalue weighted by molar-refractivity contribution is -0.144. The van der Waals surface area contributed by atoms with Crippen LogP contribution in [0.1, 0.15) is 30.9 Å². The van der Waals surface area contributed by atoms with Crippen LogP contribution in [-0.4, -0.2) is 51.6 Å². The van der Waals surface area contributed by atoms with Crippen molar-refractivity contribution in [3.63, 3.8) is 0 Å². The van der Waals surface area contributed by atoms with Crippen molar-refractivity contribution in [1.82, 2.24) is 5.32 Å². The van der Waals surface area contributed by atoms with E-state index in [1.54, 1.807) is 0 Å². The van der Waals surface area contributed by atoms with Gasteiger partial charge in [-0.05, 0) is 26.0 Å². The molecule has 0 saturated heterocycles. The summed E-state index contributed by atoms with van der Waals surface area (Å²) < 4.78 is 86.6. The van der Waals surface area contributed by atoms with Gasteiger partial charge < -0.3 is 25.3 Å².